The van der Waals surface area contributed by atoms with Crippen LogP contribution in [0.15, 0.2) is 24.3 Å². The molecule has 0 spiro atoms. The molecular formula is C15H22F3N3. The van der Waals surface area contributed by atoms with E-state index >= 15 is 0 Å². The van der Waals surface area contributed by atoms with Crippen molar-refractivity contribution >= 4 is 0 Å². The van der Waals surface area contributed by atoms with Crippen LogP contribution in [-0.2, 0) is 0 Å². The molecule has 2 rings (SSSR count). The van der Waals surface area contributed by atoms with Crippen LogP contribution in [0.5, 0.6) is 0 Å². The summed E-state index contributed by atoms with van der Waals surface area (Å²) in [4.78, 5) is 3.64. The van der Waals surface area contributed by atoms with Gasteiger partial charge in [0.25, 0.3) is 0 Å². The Balaban J connectivity index is 1.95. The average Bonchev–Trinajstić information content (AvgIpc) is 2.42. The molecule has 1 aliphatic heterocycles. The van der Waals surface area contributed by atoms with E-state index in [1.807, 2.05) is 19.1 Å². The van der Waals surface area contributed by atoms with Crippen molar-refractivity contribution in [3.63, 3.8) is 0 Å². The van der Waals surface area contributed by atoms with E-state index in [-0.39, 0.29) is 6.04 Å². The molecule has 0 radical (unpaired) electrons. The molecule has 0 saturated carbocycles. The van der Waals surface area contributed by atoms with Gasteiger partial charge in [-0.2, -0.15) is 13.2 Å². The van der Waals surface area contributed by atoms with Crippen LogP contribution in [0.2, 0.25) is 0 Å². The molecule has 1 unspecified atom stereocenters. The Bertz CT molecular complexity index is 436. The summed E-state index contributed by atoms with van der Waals surface area (Å²) >= 11 is 0. The number of rotatable bonds is 4. The van der Waals surface area contributed by atoms with E-state index in [4.69, 9.17) is 5.73 Å². The minimum Gasteiger partial charge on any atom is -0.329 e. The minimum absolute atomic E-state index is 0.0821. The fourth-order valence-electron chi connectivity index (χ4n) is 2.77. The fourth-order valence-corrected chi connectivity index (χ4v) is 2.77. The maximum absolute atomic E-state index is 12.4. The van der Waals surface area contributed by atoms with Crippen molar-refractivity contribution in [2.24, 2.45) is 5.73 Å². The third-order valence-corrected chi connectivity index (χ3v) is 3.94. The highest BCUT2D eigenvalue weighted by Crippen LogP contribution is 2.23. The molecule has 1 aromatic carbocycles. The predicted molar refractivity (Wildman–Crippen MR) is 77.0 cm³/mol. The van der Waals surface area contributed by atoms with Gasteiger partial charge in [0, 0.05) is 38.8 Å². The highest BCUT2D eigenvalue weighted by molar-refractivity contribution is 5.24. The third kappa shape index (κ3) is 4.69. The standard InChI is InChI=1S/C15H22F3N3/c1-12-2-4-13(5-3-12)14(10-19)21-8-6-20(7-9-21)11-15(16,17)18/h2-5,14H,6-11,19H2,1H3. The van der Waals surface area contributed by atoms with E-state index in [1.54, 1.807) is 0 Å². The molecule has 3 nitrogen and oxygen atoms in total. The molecule has 1 saturated heterocycles. The van der Waals surface area contributed by atoms with Crippen molar-refractivity contribution in [3.8, 4) is 0 Å². The number of nitrogens with zero attached hydrogens (tertiary/aromatic N) is 2. The molecule has 118 valence electrons. The second-order valence-corrected chi connectivity index (χ2v) is 5.59. The topological polar surface area (TPSA) is 32.5 Å². The molecule has 21 heavy (non-hydrogen) atoms. The summed E-state index contributed by atoms with van der Waals surface area (Å²) in [6.45, 7) is 3.78. The van der Waals surface area contributed by atoms with Gasteiger partial charge in [-0.25, -0.2) is 0 Å². The number of piperazine rings is 1. The summed E-state index contributed by atoms with van der Waals surface area (Å²) in [5.74, 6) is 0. The third-order valence-electron chi connectivity index (χ3n) is 3.94. The summed E-state index contributed by atoms with van der Waals surface area (Å²) in [6, 6.07) is 8.26. The molecule has 1 fully saturated rings. The number of hydrogen-bond acceptors (Lipinski definition) is 3. The van der Waals surface area contributed by atoms with E-state index in [0.717, 1.165) is 5.56 Å². The van der Waals surface area contributed by atoms with Crippen LogP contribution in [0.4, 0.5) is 13.2 Å². The van der Waals surface area contributed by atoms with Crippen molar-refractivity contribution in [2.75, 3.05) is 39.3 Å². The van der Waals surface area contributed by atoms with Crippen molar-refractivity contribution in [2.45, 2.75) is 19.1 Å². The maximum atomic E-state index is 12.4. The summed E-state index contributed by atoms with van der Waals surface area (Å²) < 4.78 is 37.2. The molecular weight excluding hydrogens is 279 g/mol. The van der Waals surface area contributed by atoms with Gasteiger partial charge in [-0.3, -0.25) is 9.80 Å². The lowest BCUT2D eigenvalue weighted by molar-refractivity contribution is -0.149. The van der Waals surface area contributed by atoms with Gasteiger partial charge >= 0.3 is 6.18 Å². The normalized spacial score (nSPS) is 19.7. The van der Waals surface area contributed by atoms with Crippen LogP contribution in [0.3, 0.4) is 0 Å². The predicted octanol–water partition coefficient (Wildman–Crippen LogP) is 2.17. The molecule has 1 atom stereocenters. The van der Waals surface area contributed by atoms with Crippen molar-refractivity contribution in [3.05, 3.63) is 35.4 Å². The van der Waals surface area contributed by atoms with E-state index < -0.39 is 12.7 Å². The molecule has 2 N–H and O–H groups in total. The Morgan fingerprint density at radius 3 is 2.14 bits per heavy atom. The van der Waals surface area contributed by atoms with Crippen LogP contribution in [0, 0.1) is 6.92 Å². The van der Waals surface area contributed by atoms with Crippen molar-refractivity contribution < 1.29 is 13.2 Å². The first-order chi connectivity index (χ1) is 9.89. The largest absolute Gasteiger partial charge is 0.401 e. The molecule has 0 aromatic heterocycles. The second kappa shape index (κ2) is 6.77. The molecule has 1 heterocycles. The molecule has 1 aliphatic rings. The van der Waals surface area contributed by atoms with Gasteiger partial charge in [0.1, 0.15) is 0 Å². The highest BCUT2D eigenvalue weighted by atomic mass is 19.4. The Morgan fingerprint density at radius 2 is 1.67 bits per heavy atom. The van der Waals surface area contributed by atoms with Gasteiger partial charge in [0.15, 0.2) is 0 Å². The number of halogens is 3. The summed E-state index contributed by atoms with van der Waals surface area (Å²) in [6.07, 6.45) is -4.12. The van der Waals surface area contributed by atoms with E-state index in [0.29, 0.717) is 32.7 Å². The Kier molecular flexibility index (Phi) is 5.24. The highest BCUT2D eigenvalue weighted by Gasteiger charge is 2.33. The SMILES string of the molecule is Cc1ccc(C(CN)N2CCN(CC(F)(F)F)CC2)cc1. The lowest BCUT2D eigenvalue weighted by Crippen LogP contribution is -2.51. The molecule has 0 bridgehead atoms. The minimum atomic E-state index is -4.12. The summed E-state index contributed by atoms with van der Waals surface area (Å²) in [5, 5.41) is 0. The Hall–Kier alpha value is -1.11. The summed E-state index contributed by atoms with van der Waals surface area (Å²) in [7, 11) is 0. The van der Waals surface area contributed by atoms with E-state index in [9.17, 15) is 13.2 Å². The molecule has 0 amide bonds. The molecule has 0 aliphatic carbocycles. The first kappa shape index (κ1) is 16.3. The number of nitrogens with two attached hydrogens (primary N) is 1. The first-order valence-corrected chi connectivity index (χ1v) is 7.19. The number of benzene rings is 1. The quantitative estimate of drug-likeness (QED) is 0.925. The van der Waals surface area contributed by atoms with Crippen molar-refractivity contribution in [1.82, 2.24) is 9.80 Å². The van der Waals surface area contributed by atoms with Gasteiger partial charge in [-0.05, 0) is 12.5 Å². The number of alkyl halides is 3. The van der Waals surface area contributed by atoms with Crippen LogP contribution in [0.25, 0.3) is 0 Å². The number of aryl methyl sites for hydroxylation is 1. The maximum Gasteiger partial charge on any atom is 0.401 e. The van der Waals surface area contributed by atoms with Crippen molar-refractivity contribution in [1.29, 1.82) is 0 Å². The van der Waals surface area contributed by atoms with E-state index in [1.165, 1.54) is 10.5 Å². The van der Waals surface area contributed by atoms with Crippen LogP contribution < -0.4 is 5.73 Å². The van der Waals surface area contributed by atoms with Crippen LogP contribution >= 0.6 is 0 Å². The lowest BCUT2D eigenvalue weighted by Gasteiger charge is -2.39. The fraction of sp³-hybridized carbons (Fsp3) is 0.600. The molecule has 1 aromatic rings. The van der Waals surface area contributed by atoms with Gasteiger partial charge in [-0.1, -0.05) is 29.8 Å². The first-order valence-electron chi connectivity index (χ1n) is 7.19. The zero-order valence-corrected chi connectivity index (χ0v) is 12.2. The molecule has 6 heteroatoms. The average molecular weight is 301 g/mol. The van der Waals surface area contributed by atoms with Gasteiger partial charge in [0.2, 0.25) is 0 Å². The monoisotopic (exact) mass is 301 g/mol. The number of hydrogen-bond donors (Lipinski definition) is 1. The Morgan fingerprint density at radius 1 is 1.10 bits per heavy atom. The van der Waals surface area contributed by atoms with Gasteiger partial charge < -0.3 is 5.73 Å². The smallest absolute Gasteiger partial charge is 0.329 e. The van der Waals surface area contributed by atoms with Gasteiger partial charge in [-0.15, -0.1) is 0 Å². The lowest BCUT2D eigenvalue weighted by atomic mass is 10.0. The van der Waals surface area contributed by atoms with Crippen LogP contribution in [0.1, 0.15) is 17.2 Å². The second-order valence-electron chi connectivity index (χ2n) is 5.59. The summed E-state index contributed by atoms with van der Waals surface area (Å²) in [5.41, 5.74) is 8.19. The van der Waals surface area contributed by atoms with Gasteiger partial charge in [0.05, 0.1) is 6.54 Å². The zero-order valence-electron chi connectivity index (χ0n) is 12.2. The zero-order chi connectivity index (χ0) is 15.5. The van der Waals surface area contributed by atoms with E-state index in [2.05, 4.69) is 17.0 Å². The van der Waals surface area contributed by atoms with Crippen LogP contribution in [-0.4, -0.2) is 55.2 Å². The Labute approximate surface area is 123 Å².